The van der Waals surface area contributed by atoms with Crippen molar-refractivity contribution in [2.45, 2.75) is 18.8 Å². The molecule has 0 aliphatic heterocycles. The molecule has 1 atom stereocenters. The quantitative estimate of drug-likeness (QED) is 0.761. The summed E-state index contributed by atoms with van der Waals surface area (Å²) in [7, 11) is 0. The zero-order valence-electron chi connectivity index (χ0n) is 13.4. The number of aliphatic carboxylic acids is 2. The highest BCUT2D eigenvalue weighted by Gasteiger charge is 2.51. The van der Waals surface area contributed by atoms with Gasteiger partial charge in [0.2, 0.25) is 0 Å². The van der Waals surface area contributed by atoms with E-state index in [9.17, 15) is 19.8 Å². The van der Waals surface area contributed by atoms with E-state index in [4.69, 9.17) is 0 Å². The molecule has 2 N–H and O–H groups in total. The lowest BCUT2D eigenvalue weighted by atomic mass is 9.65. The Morgan fingerprint density at radius 1 is 0.958 bits per heavy atom. The molecule has 0 spiro atoms. The number of rotatable bonds is 7. The van der Waals surface area contributed by atoms with E-state index in [0.717, 1.165) is 0 Å². The number of allylic oxidation sites excluding steroid dienone is 1. The molecule has 0 aliphatic rings. The molecule has 0 bridgehead atoms. The van der Waals surface area contributed by atoms with Crippen LogP contribution in [0.4, 0.5) is 0 Å². The minimum absolute atomic E-state index is 0.442. The summed E-state index contributed by atoms with van der Waals surface area (Å²) in [5.41, 5.74) is -0.811. The van der Waals surface area contributed by atoms with Crippen molar-refractivity contribution in [3.05, 3.63) is 83.9 Å². The normalized spacial score (nSPS) is 12.9. The van der Waals surface area contributed by atoms with Gasteiger partial charge in [-0.05, 0) is 17.5 Å². The molecular weight excluding hydrogens is 304 g/mol. The molecular formula is C20H20O4. The van der Waals surface area contributed by atoms with Gasteiger partial charge in [-0.15, -0.1) is 0 Å². The Balaban J connectivity index is 2.83. The molecule has 0 aromatic heterocycles. The van der Waals surface area contributed by atoms with Crippen LogP contribution < -0.4 is 0 Å². The molecule has 0 radical (unpaired) electrons. The van der Waals surface area contributed by atoms with Crippen molar-refractivity contribution in [2.24, 2.45) is 5.92 Å². The van der Waals surface area contributed by atoms with E-state index in [1.165, 1.54) is 6.08 Å². The summed E-state index contributed by atoms with van der Waals surface area (Å²) in [5.74, 6) is -3.58. The van der Waals surface area contributed by atoms with Crippen LogP contribution in [0.5, 0.6) is 0 Å². The molecule has 2 rings (SSSR count). The summed E-state index contributed by atoms with van der Waals surface area (Å²) >= 11 is 0. The number of carboxylic acid groups (broad SMARTS) is 2. The van der Waals surface area contributed by atoms with Crippen molar-refractivity contribution >= 4 is 11.9 Å². The summed E-state index contributed by atoms with van der Waals surface area (Å²) in [4.78, 5) is 24.4. The Morgan fingerprint density at radius 3 is 1.75 bits per heavy atom. The predicted molar refractivity (Wildman–Crippen MR) is 91.9 cm³/mol. The molecule has 0 heterocycles. The summed E-state index contributed by atoms with van der Waals surface area (Å²) in [5, 5.41) is 19.9. The Hall–Kier alpha value is -2.88. The van der Waals surface area contributed by atoms with E-state index >= 15 is 0 Å². The molecule has 124 valence electrons. The largest absolute Gasteiger partial charge is 0.481 e. The highest BCUT2D eigenvalue weighted by molar-refractivity contribution is 5.93. The standard InChI is InChI=1S/C20H20O4/c1-2-3-14-17(18(21)22)20(19(23)24,15-10-6-4-7-11-15)16-12-8-5-9-13-16/h3-14,17H,2H2,1H3,(H,21,22)(H,23,24)/b14-3+. The molecule has 0 saturated heterocycles. The first-order valence-electron chi connectivity index (χ1n) is 7.79. The lowest BCUT2D eigenvalue weighted by Crippen LogP contribution is -2.46. The maximum atomic E-state index is 12.4. The molecule has 0 aliphatic carbocycles. The molecule has 4 heteroatoms. The van der Waals surface area contributed by atoms with E-state index in [1.807, 2.05) is 6.92 Å². The maximum Gasteiger partial charge on any atom is 0.319 e. The summed E-state index contributed by atoms with van der Waals surface area (Å²) in [6.07, 6.45) is 3.81. The van der Waals surface area contributed by atoms with Crippen LogP contribution >= 0.6 is 0 Å². The second-order valence-electron chi connectivity index (χ2n) is 5.50. The zero-order chi connectivity index (χ0) is 17.6. The third-order valence-electron chi connectivity index (χ3n) is 4.09. The minimum Gasteiger partial charge on any atom is -0.481 e. The SMILES string of the molecule is CC/C=C/C(C(=O)O)C(C(=O)O)(c1ccccc1)c1ccccc1. The van der Waals surface area contributed by atoms with E-state index in [1.54, 1.807) is 66.7 Å². The number of hydrogen-bond donors (Lipinski definition) is 2. The van der Waals surface area contributed by atoms with E-state index < -0.39 is 23.3 Å². The van der Waals surface area contributed by atoms with E-state index in [0.29, 0.717) is 17.5 Å². The minimum atomic E-state index is -1.69. The molecule has 0 fully saturated rings. The average molecular weight is 324 g/mol. The fourth-order valence-corrected chi connectivity index (χ4v) is 2.99. The molecule has 24 heavy (non-hydrogen) atoms. The van der Waals surface area contributed by atoms with E-state index in [-0.39, 0.29) is 0 Å². The molecule has 0 saturated carbocycles. The van der Waals surface area contributed by atoms with Crippen LogP contribution in [-0.4, -0.2) is 22.2 Å². The van der Waals surface area contributed by atoms with Gasteiger partial charge >= 0.3 is 11.9 Å². The fraction of sp³-hybridized carbons (Fsp3) is 0.200. The highest BCUT2D eigenvalue weighted by Crippen LogP contribution is 2.41. The molecule has 1 unspecified atom stereocenters. The van der Waals surface area contributed by atoms with Crippen LogP contribution in [0.15, 0.2) is 72.8 Å². The third kappa shape index (κ3) is 3.08. The summed E-state index contributed by atoms with van der Waals surface area (Å²) < 4.78 is 0. The van der Waals surface area contributed by atoms with Gasteiger partial charge < -0.3 is 10.2 Å². The zero-order valence-corrected chi connectivity index (χ0v) is 13.4. The fourth-order valence-electron chi connectivity index (χ4n) is 2.99. The molecule has 0 amide bonds. The van der Waals surface area contributed by atoms with Gasteiger partial charge in [-0.1, -0.05) is 79.7 Å². The lowest BCUT2D eigenvalue weighted by Gasteiger charge is -2.34. The second kappa shape index (κ2) is 7.59. The number of benzene rings is 2. The first-order valence-corrected chi connectivity index (χ1v) is 7.79. The van der Waals surface area contributed by atoms with Gasteiger partial charge in [-0.25, -0.2) is 0 Å². The predicted octanol–water partition coefficient (Wildman–Crippen LogP) is 3.72. The van der Waals surface area contributed by atoms with Gasteiger partial charge in [0.1, 0.15) is 5.41 Å². The van der Waals surface area contributed by atoms with Gasteiger partial charge in [0.25, 0.3) is 0 Å². The van der Waals surface area contributed by atoms with Crippen LogP contribution in [0, 0.1) is 5.92 Å². The lowest BCUT2D eigenvalue weighted by molar-refractivity contribution is -0.152. The van der Waals surface area contributed by atoms with Gasteiger partial charge in [0, 0.05) is 0 Å². The Labute approximate surface area is 141 Å². The van der Waals surface area contributed by atoms with Crippen LogP contribution in [0.3, 0.4) is 0 Å². The number of carboxylic acids is 2. The summed E-state index contributed by atoms with van der Waals surface area (Å²) in [6, 6.07) is 17.1. The first-order chi connectivity index (χ1) is 11.5. The average Bonchev–Trinajstić information content (AvgIpc) is 2.59. The maximum absolute atomic E-state index is 12.4. The third-order valence-corrected chi connectivity index (χ3v) is 4.09. The van der Waals surface area contributed by atoms with Gasteiger partial charge in [-0.3, -0.25) is 9.59 Å². The highest BCUT2D eigenvalue weighted by atomic mass is 16.4. The molecule has 2 aromatic carbocycles. The van der Waals surface area contributed by atoms with Crippen molar-refractivity contribution in [3.8, 4) is 0 Å². The van der Waals surface area contributed by atoms with Crippen molar-refractivity contribution in [3.63, 3.8) is 0 Å². The van der Waals surface area contributed by atoms with Gasteiger partial charge in [0.05, 0.1) is 5.92 Å². The van der Waals surface area contributed by atoms with Crippen LogP contribution in [0.2, 0.25) is 0 Å². The van der Waals surface area contributed by atoms with Crippen LogP contribution in [-0.2, 0) is 15.0 Å². The number of carbonyl (C=O) groups is 2. The van der Waals surface area contributed by atoms with Crippen molar-refractivity contribution < 1.29 is 19.8 Å². The van der Waals surface area contributed by atoms with Crippen molar-refractivity contribution in [1.29, 1.82) is 0 Å². The van der Waals surface area contributed by atoms with E-state index in [2.05, 4.69) is 0 Å². The number of hydrogen-bond acceptors (Lipinski definition) is 2. The van der Waals surface area contributed by atoms with Gasteiger partial charge in [0.15, 0.2) is 0 Å². The Morgan fingerprint density at radius 2 is 1.42 bits per heavy atom. The molecule has 4 nitrogen and oxygen atoms in total. The van der Waals surface area contributed by atoms with Crippen molar-refractivity contribution in [1.82, 2.24) is 0 Å². The molecule has 2 aromatic rings. The van der Waals surface area contributed by atoms with Crippen LogP contribution in [0.25, 0.3) is 0 Å². The summed E-state index contributed by atoms with van der Waals surface area (Å²) in [6.45, 7) is 1.88. The first kappa shape index (κ1) is 17.5. The monoisotopic (exact) mass is 324 g/mol. The van der Waals surface area contributed by atoms with Crippen LogP contribution in [0.1, 0.15) is 24.5 Å². The Bertz CT molecular complexity index is 680. The second-order valence-corrected chi connectivity index (χ2v) is 5.50. The van der Waals surface area contributed by atoms with Crippen molar-refractivity contribution in [2.75, 3.05) is 0 Å². The van der Waals surface area contributed by atoms with Gasteiger partial charge in [-0.2, -0.15) is 0 Å². The Kier molecular flexibility index (Phi) is 5.53. The topological polar surface area (TPSA) is 74.6 Å². The smallest absolute Gasteiger partial charge is 0.319 e.